The van der Waals surface area contributed by atoms with Crippen molar-refractivity contribution in [2.75, 3.05) is 49.5 Å². The van der Waals surface area contributed by atoms with Crippen LogP contribution in [0.4, 0.5) is 11.5 Å². The number of aromatic nitrogens is 2. The van der Waals surface area contributed by atoms with E-state index >= 15 is 0 Å². The van der Waals surface area contributed by atoms with Gasteiger partial charge in [0.25, 0.3) is 0 Å². The summed E-state index contributed by atoms with van der Waals surface area (Å²) in [6.45, 7) is 4.72. The zero-order valence-corrected chi connectivity index (χ0v) is 15.8. The molecule has 2 aliphatic heterocycles. The summed E-state index contributed by atoms with van der Waals surface area (Å²) in [6, 6.07) is 17.0. The van der Waals surface area contributed by atoms with E-state index in [1.165, 1.54) is 16.9 Å². The monoisotopic (exact) mass is 375 g/mol. The first-order valence-electron chi connectivity index (χ1n) is 9.91. The molecule has 6 heteroatoms. The molecule has 1 aromatic carbocycles. The van der Waals surface area contributed by atoms with Gasteiger partial charge in [-0.2, -0.15) is 0 Å². The first kappa shape index (κ1) is 17.3. The molecule has 4 heterocycles. The van der Waals surface area contributed by atoms with E-state index in [0.717, 1.165) is 44.2 Å². The van der Waals surface area contributed by atoms with Gasteiger partial charge in [-0.05, 0) is 30.3 Å². The fraction of sp³-hybridized carbons (Fsp3) is 0.318. The zero-order valence-electron chi connectivity index (χ0n) is 15.8. The molecule has 0 saturated carbocycles. The minimum absolute atomic E-state index is 0.0593. The van der Waals surface area contributed by atoms with Crippen molar-refractivity contribution in [2.24, 2.45) is 0 Å². The van der Waals surface area contributed by atoms with E-state index in [2.05, 4.69) is 68.3 Å². The number of nitrogens with zero attached hydrogens (tertiary/aromatic N) is 4. The van der Waals surface area contributed by atoms with Crippen molar-refractivity contribution in [1.82, 2.24) is 14.5 Å². The molecular weight excluding hydrogens is 350 g/mol. The quantitative estimate of drug-likeness (QED) is 0.734. The molecule has 0 aliphatic carbocycles. The third kappa shape index (κ3) is 2.95. The van der Waals surface area contributed by atoms with E-state index in [1.54, 1.807) is 0 Å². The van der Waals surface area contributed by atoms with Crippen molar-refractivity contribution in [3.05, 3.63) is 72.2 Å². The van der Waals surface area contributed by atoms with Crippen LogP contribution in [0, 0.1) is 0 Å². The molecule has 0 radical (unpaired) electrons. The topological polar surface area (TPSA) is 56.6 Å². The predicted molar refractivity (Wildman–Crippen MR) is 111 cm³/mol. The van der Waals surface area contributed by atoms with Crippen molar-refractivity contribution in [3.63, 3.8) is 0 Å². The van der Waals surface area contributed by atoms with Gasteiger partial charge in [0.05, 0.1) is 24.0 Å². The second kappa shape index (κ2) is 7.30. The van der Waals surface area contributed by atoms with Crippen LogP contribution < -0.4 is 10.2 Å². The third-order valence-electron chi connectivity index (χ3n) is 5.76. The Kier molecular flexibility index (Phi) is 4.50. The first-order valence-corrected chi connectivity index (χ1v) is 9.91. The van der Waals surface area contributed by atoms with Gasteiger partial charge in [0.1, 0.15) is 5.82 Å². The lowest BCUT2D eigenvalue weighted by molar-refractivity contribution is 0.188. The average molecular weight is 375 g/mol. The van der Waals surface area contributed by atoms with Crippen molar-refractivity contribution in [1.29, 1.82) is 0 Å². The standard InChI is InChI=1S/C22H25N5O/c28-16-15-25-11-13-26(14-12-25)22-17(5-3-9-23-22)21-20-8-4-10-27(20)19-7-2-1-6-18(19)24-21/h1-10,21,24,28H,11-16H2. The number of piperazine rings is 1. The van der Waals surface area contributed by atoms with E-state index in [0.29, 0.717) is 0 Å². The Morgan fingerprint density at radius 1 is 1.00 bits per heavy atom. The molecular formula is C22H25N5O. The molecule has 2 aliphatic rings. The van der Waals surface area contributed by atoms with E-state index in [4.69, 9.17) is 4.98 Å². The third-order valence-corrected chi connectivity index (χ3v) is 5.76. The van der Waals surface area contributed by atoms with Gasteiger partial charge in [-0.3, -0.25) is 4.90 Å². The summed E-state index contributed by atoms with van der Waals surface area (Å²) < 4.78 is 2.27. The largest absolute Gasteiger partial charge is 0.395 e. The summed E-state index contributed by atoms with van der Waals surface area (Å²) in [6.07, 6.45) is 4.01. The number of para-hydroxylation sites is 2. The summed E-state index contributed by atoms with van der Waals surface area (Å²) in [5.41, 5.74) is 4.75. The lowest BCUT2D eigenvalue weighted by Crippen LogP contribution is -2.48. The molecule has 5 rings (SSSR count). The molecule has 6 nitrogen and oxygen atoms in total. The minimum atomic E-state index is 0.0593. The maximum Gasteiger partial charge on any atom is 0.134 e. The molecule has 144 valence electrons. The van der Waals surface area contributed by atoms with Gasteiger partial charge in [0.2, 0.25) is 0 Å². The maximum absolute atomic E-state index is 9.19. The number of hydrogen-bond donors (Lipinski definition) is 2. The van der Waals surface area contributed by atoms with Gasteiger partial charge >= 0.3 is 0 Å². The summed E-state index contributed by atoms with van der Waals surface area (Å²) in [4.78, 5) is 9.45. The number of rotatable bonds is 4. The number of aliphatic hydroxyl groups excluding tert-OH is 1. The van der Waals surface area contributed by atoms with E-state index in [-0.39, 0.29) is 12.6 Å². The van der Waals surface area contributed by atoms with Crippen molar-refractivity contribution < 1.29 is 5.11 Å². The van der Waals surface area contributed by atoms with Crippen LogP contribution in [0.25, 0.3) is 5.69 Å². The van der Waals surface area contributed by atoms with Crippen LogP contribution in [0.2, 0.25) is 0 Å². The smallest absolute Gasteiger partial charge is 0.134 e. The number of fused-ring (bicyclic) bond motifs is 3. The lowest BCUT2D eigenvalue weighted by Gasteiger charge is -2.37. The highest BCUT2D eigenvalue weighted by molar-refractivity contribution is 5.68. The average Bonchev–Trinajstić information content (AvgIpc) is 3.24. The summed E-state index contributed by atoms with van der Waals surface area (Å²) in [5, 5.41) is 12.9. The van der Waals surface area contributed by atoms with Crippen LogP contribution in [-0.2, 0) is 0 Å². The molecule has 1 unspecified atom stereocenters. The molecule has 2 N–H and O–H groups in total. The van der Waals surface area contributed by atoms with Crippen LogP contribution >= 0.6 is 0 Å². The molecule has 0 spiro atoms. The Morgan fingerprint density at radius 3 is 2.71 bits per heavy atom. The van der Waals surface area contributed by atoms with Gasteiger partial charge in [0.15, 0.2) is 0 Å². The molecule has 1 atom stereocenters. The SMILES string of the molecule is OCCN1CCN(c2ncccc2C2Nc3ccccc3-n3cccc32)CC1. The van der Waals surface area contributed by atoms with Gasteiger partial charge in [0, 0.05) is 56.4 Å². The van der Waals surface area contributed by atoms with Crippen molar-refractivity contribution in [2.45, 2.75) is 6.04 Å². The van der Waals surface area contributed by atoms with Crippen LogP contribution in [0.1, 0.15) is 17.3 Å². The number of aliphatic hydroxyl groups is 1. The van der Waals surface area contributed by atoms with Gasteiger partial charge in [-0.15, -0.1) is 0 Å². The highest BCUT2D eigenvalue weighted by Crippen LogP contribution is 2.39. The fourth-order valence-electron chi connectivity index (χ4n) is 4.34. The van der Waals surface area contributed by atoms with Crippen molar-refractivity contribution >= 4 is 11.5 Å². The number of hydrogen-bond acceptors (Lipinski definition) is 5. The Hall–Kier alpha value is -2.83. The summed E-state index contributed by atoms with van der Waals surface area (Å²) in [7, 11) is 0. The van der Waals surface area contributed by atoms with E-state index in [9.17, 15) is 5.11 Å². The van der Waals surface area contributed by atoms with Gasteiger partial charge in [-0.1, -0.05) is 18.2 Å². The van der Waals surface area contributed by atoms with E-state index in [1.807, 2.05) is 12.3 Å². The minimum Gasteiger partial charge on any atom is -0.395 e. The lowest BCUT2D eigenvalue weighted by atomic mass is 10.0. The second-order valence-corrected chi connectivity index (χ2v) is 7.37. The Bertz CT molecular complexity index is 961. The van der Waals surface area contributed by atoms with Crippen LogP contribution in [0.5, 0.6) is 0 Å². The summed E-state index contributed by atoms with van der Waals surface area (Å²) in [5.74, 6) is 1.05. The van der Waals surface area contributed by atoms with Crippen LogP contribution in [0.15, 0.2) is 60.9 Å². The fourth-order valence-corrected chi connectivity index (χ4v) is 4.34. The molecule has 2 aromatic heterocycles. The molecule has 1 saturated heterocycles. The van der Waals surface area contributed by atoms with Crippen LogP contribution in [0.3, 0.4) is 0 Å². The molecule has 1 fully saturated rings. The Morgan fingerprint density at radius 2 is 1.86 bits per heavy atom. The number of β-amino-alcohol motifs (C(OH)–C–C–N with tert-alkyl or cyclic N) is 1. The molecule has 0 amide bonds. The van der Waals surface area contributed by atoms with Gasteiger partial charge < -0.3 is 19.9 Å². The highest BCUT2D eigenvalue weighted by Gasteiger charge is 2.29. The zero-order chi connectivity index (χ0) is 18.9. The normalized spacial score (nSPS) is 19.0. The number of nitrogens with one attached hydrogen (secondary N) is 1. The molecule has 3 aromatic rings. The van der Waals surface area contributed by atoms with Gasteiger partial charge in [-0.25, -0.2) is 4.98 Å². The Labute approximate surface area is 165 Å². The van der Waals surface area contributed by atoms with Crippen molar-refractivity contribution in [3.8, 4) is 5.69 Å². The maximum atomic E-state index is 9.19. The van der Waals surface area contributed by atoms with E-state index < -0.39 is 0 Å². The number of anilines is 2. The number of benzene rings is 1. The predicted octanol–water partition coefficient (Wildman–Crippen LogP) is 2.50. The number of pyridine rings is 1. The second-order valence-electron chi connectivity index (χ2n) is 7.37. The molecule has 28 heavy (non-hydrogen) atoms. The van der Waals surface area contributed by atoms with Crippen LogP contribution in [-0.4, -0.2) is 58.9 Å². The molecule has 0 bridgehead atoms. The highest BCUT2D eigenvalue weighted by atomic mass is 16.3. The summed E-state index contributed by atoms with van der Waals surface area (Å²) >= 11 is 0. The Balaban J connectivity index is 1.49. The first-order chi connectivity index (χ1) is 13.8.